The highest BCUT2D eigenvalue weighted by molar-refractivity contribution is 6.18. The Morgan fingerprint density at radius 3 is 2.73 bits per heavy atom. The van der Waals surface area contributed by atoms with Crippen LogP contribution >= 0.6 is 11.6 Å². The molecule has 0 saturated heterocycles. The van der Waals surface area contributed by atoms with Crippen LogP contribution in [0.2, 0.25) is 0 Å². The zero-order valence-electron chi connectivity index (χ0n) is 9.18. The third-order valence-corrected chi connectivity index (χ3v) is 2.38. The van der Waals surface area contributed by atoms with Gasteiger partial charge in [-0.2, -0.15) is 0 Å². The molecule has 0 unspecified atom stereocenters. The summed E-state index contributed by atoms with van der Waals surface area (Å²) in [5.74, 6) is 7.11. The van der Waals surface area contributed by atoms with Gasteiger partial charge in [0.05, 0.1) is 0 Å². The van der Waals surface area contributed by atoms with E-state index in [0.29, 0.717) is 18.2 Å². The van der Waals surface area contributed by atoms with Gasteiger partial charge in [0, 0.05) is 23.6 Å². The van der Waals surface area contributed by atoms with Crippen molar-refractivity contribution in [2.24, 2.45) is 0 Å². The molecule has 1 aromatic carbocycles. The predicted octanol–water partition coefficient (Wildman–Crippen LogP) is 3.37. The van der Waals surface area contributed by atoms with Crippen LogP contribution < -0.4 is 5.73 Å². The number of nitrogens with two attached hydrogens (primary N) is 1. The van der Waals surface area contributed by atoms with Crippen LogP contribution in [-0.2, 0) is 0 Å². The van der Waals surface area contributed by atoms with Crippen LogP contribution in [0.25, 0.3) is 0 Å². The molecule has 1 nitrogen and oxygen atoms in total. The molecule has 0 aliphatic heterocycles. The van der Waals surface area contributed by atoms with E-state index in [2.05, 4.69) is 31.8 Å². The molecule has 80 valence electrons. The molecule has 0 fully saturated rings. The molecule has 0 bridgehead atoms. The van der Waals surface area contributed by atoms with Crippen LogP contribution in [0, 0.1) is 11.8 Å². The Morgan fingerprint density at radius 2 is 2.13 bits per heavy atom. The zero-order chi connectivity index (χ0) is 11.3. The monoisotopic (exact) mass is 221 g/mol. The lowest BCUT2D eigenvalue weighted by molar-refractivity contribution is 0.866. The topological polar surface area (TPSA) is 26.0 Å². The summed E-state index contributed by atoms with van der Waals surface area (Å²) < 4.78 is 0. The summed E-state index contributed by atoms with van der Waals surface area (Å²) in [6, 6.07) is 6.02. The summed E-state index contributed by atoms with van der Waals surface area (Å²) in [7, 11) is 0. The lowest BCUT2D eigenvalue weighted by atomic mass is 10.00. The summed E-state index contributed by atoms with van der Waals surface area (Å²) in [5.41, 5.74) is 8.75. The molecule has 15 heavy (non-hydrogen) atoms. The van der Waals surface area contributed by atoms with Gasteiger partial charge in [-0.05, 0) is 23.6 Å². The molecular formula is C13H16ClN. The fourth-order valence-corrected chi connectivity index (χ4v) is 1.34. The second-order valence-corrected chi connectivity index (χ2v) is 4.12. The Morgan fingerprint density at radius 1 is 1.40 bits per heavy atom. The van der Waals surface area contributed by atoms with Gasteiger partial charge in [-0.15, -0.1) is 11.6 Å². The van der Waals surface area contributed by atoms with E-state index >= 15 is 0 Å². The van der Waals surface area contributed by atoms with Gasteiger partial charge in [0.1, 0.15) is 0 Å². The van der Waals surface area contributed by atoms with Crippen molar-refractivity contribution in [2.45, 2.75) is 26.2 Å². The molecule has 0 aliphatic rings. The molecule has 2 N–H and O–H groups in total. The fourth-order valence-electron chi connectivity index (χ4n) is 1.25. The van der Waals surface area contributed by atoms with Crippen molar-refractivity contribution >= 4 is 17.3 Å². The summed E-state index contributed by atoms with van der Waals surface area (Å²) in [4.78, 5) is 0. The summed E-state index contributed by atoms with van der Waals surface area (Å²) in [5, 5.41) is 0. The molecule has 0 aromatic heterocycles. The first-order valence-corrected chi connectivity index (χ1v) is 5.63. The van der Waals surface area contributed by atoms with E-state index in [1.807, 2.05) is 12.1 Å². The molecule has 0 spiro atoms. The molecule has 0 atom stereocenters. The Balaban J connectivity index is 2.97. The minimum absolute atomic E-state index is 0.499. The Hall–Kier alpha value is -1.13. The highest BCUT2D eigenvalue weighted by atomic mass is 35.5. The Labute approximate surface area is 96.6 Å². The van der Waals surface area contributed by atoms with Crippen LogP contribution in [0.15, 0.2) is 18.2 Å². The summed E-state index contributed by atoms with van der Waals surface area (Å²) in [6.07, 6.45) is 0.701. The largest absolute Gasteiger partial charge is 0.398 e. The van der Waals surface area contributed by atoms with Crippen LogP contribution in [0.4, 0.5) is 5.69 Å². The molecule has 2 heteroatoms. The predicted molar refractivity (Wildman–Crippen MR) is 67.2 cm³/mol. The molecule has 0 heterocycles. The van der Waals surface area contributed by atoms with Crippen LogP contribution in [0.3, 0.4) is 0 Å². The second kappa shape index (κ2) is 5.68. The van der Waals surface area contributed by atoms with E-state index in [0.717, 1.165) is 11.3 Å². The Bertz CT molecular complexity index is 385. The average Bonchev–Trinajstić information content (AvgIpc) is 2.20. The fraction of sp³-hybridized carbons (Fsp3) is 0.385. The quantitative estimate of drug-likeness (QED) is 0.463. The number of benzene rings is 1. The summed E-state index contributed by atoms with van der Waals surface area (Å²) in [6.45, 7) is 4.31. The van der Waals surface area contributed by atoms with Crippen molar-refractivity contribution in [2.75, 3.05) is 11.6 Å². The third kappa shape index (κ3) is 3.49. The van der Waals surface area contributed by atoms with Crippen LogP contribution in [0.5, 0.6) is 0 Å². The third-order valence-electron chi connectivity index (χ3n) is 2.19. The maximum Gasteiger partial charge on any atom is 0.0477 e. The minimum atomic E-state index is 0.499. The standard InChI is InChI=1S/C13H16ClN/c1-10(2)11-6-7-13(15)12(9-11)5-3-4-8-14/h6-7,9-10H,4,8,15H2,1-2H3. The first-order chi connectivity index (χ1) is 7.15. The van der Waals surface area contributed by atoms with Gasteiger partial charge >= 0.3 is 0 Å². The van der Waals surface area contributed by atoms with Crippen molar-refractivity contribution in [3.63, 3.8) is 0 Å². The number of alkyl halides is 1. The highest BCUT2D eigenvalue weighted by Crippen LogP contribution is 2.19. The first kappa shape index (κ1) is 11.9. The molecular weight excluding hydrogens is 206 g/mol. The van der Waals surface area contributed by atoms with Crippen LogP contribution in [-0.4, -0.2) is 5.88 Å². The van der Waals surface area contributed by atoms with Crippen molar-refractivity contribution in [1.82, 2.24) is 0 Å². The average molecular weight is 222 g/mol. The highest BCUT2D eigenvalue weighted by Gasteiger charge is 2.01. The molecule has 0 radical (unpaired) electrons. The van der Waals surface area contributed by atoms with Crippen LogP contribution in [0.1, 0.15) is 37.3 Å². The van der Waals surface area contributed by atoms with Gasteiger partial charge in [-0.25, -0.2) is 0 Å². The molecule has 0 amide bonds. The lowest BCUT2D eigenvalue weighted by Crippen LogP contribution is -1.94. The van der Waals surface area contributed by atoms with Gasteiger partial charge in [-0.1, -0.05) is 31.8 Å². The maximum absolute atomic E-state index is 5.84. The number of hydrogen-bond donors (Lipinski definition) is 1. The minimum Gasteiger partial charge on any atom is -0.398 e. The summed E-state index contributed by atoms with van der Waals surface area (Å²) >= 11 is 5.56. The van der Waals surface area contributed by atoms with Crippen molar-refractivity contribution in [3.05, 3.63) is 29.3 Å². The maximum atomic E-state index is 5.84. The van der Waals surface area contributed by atoms with Crippen molar-refractivity contribution < 1.29 is 0 Å². The number of anilines is 1. The SMILES string of the molecule is CC(C)c1ccc(N)c(C#CCCCl)c1. The van der Waals surface area contributed by atoms with E-state index in [-0.39, 0.29) is 0 Å². The number of nitrogen functional groups attached to an aromatic ring is 1. The lowest BCUT2D eigenvalue weighted by Gasteiger charge is -2.07. The van der Waals surface area contributed by atoms with E-state index < -0.39 is 0 Å². The van der Waals surface area contributed by atoms with Gasteiger partial charge < -0.3 is 5.73 Å². The zero-order valence-corrected chi connectivity index (χ0v) is 9.93. The Kier molecular flexibility index (Phi) is 4.52. The smallest absolute Gasteiger partial charge is 0.0477 e. The number of hydrogen-bond acceptors (Lipinski definition) is 1. The van der Waals surface area contributed by atoms with Gasteiger partial charge in [0.2, 0.25) is 0 Å². The molecule has 0 aliphatic carbocycles. The van der Waals surface area contributed by atoms with Gasteiger partial charge in [0.15, 0.2) is 0 Å². The molecule has 1 rings (SSSR count). The van der Waals surface area contributed by atoms with E-state index in [4.69, 9.17) is 17.3 Å². The molecule has 1 aromatic rings. The second-order valence-electron chi connectivity index (χ2n) is 3.74. The van der Waals surface area contributed by atoms with Crippen molar-refractivity contribution in [1.29, 1.82) is 0 Å². The van der Waals surface area contributed by atoms with E-state index in [9.17, 15) is 0 Å². The van der Waals surface area contributed by atoms with Crippen molar-refractivity contribution in [3.8, 4) is 11.8 Å². The van der Waals surface area contributed by atoms with E-state index in [1.165, 1.54) is 5.56 Å². The first-order valence-electron chi connectivity index (χ1n) is 5.09. The molecule has 0 saturated carbocycles. The number of halogens is 1. The van der Waals surface area contributed by atoms with Gasteiger partial charge in [0.25, 0.3) is 0 Å². The van der Waals surface area contributed by atoms with Gasteiger partial charge in [-0.3, -0.25) is 0 Å². The normalized spacial score (nSPS) is 9.87. The van der Waals surface area contributed by atoms with E-state index in [1.54, 1.807) is 0 Å². The number of rotatable bonds is 2.